The molecule has 2 rings (SSSR count). The molecule has 1 aliphatic carbocycles. The van der Waals surface area contributed by atoms with Crippen LogP contribution in [0.4, 0.5) is 0 Å². The summed E-state index contributed by atoms with van der Waals surface area (Å²) in [5.74, 6) is 0. The largest absolute Gasteiger partial charge is 0.329 e. The van der Waals surface area contributed by atoms with Gasteiger partial charge in [-0.15, -0.1) is 0 Å². The molecule has 3 heteroatoms. The Morgan fingerprint density at radius 1 is 1.20 bits per heavy atom. The van der Waals surface area contributed by atoms with Gasteiger partial charge in [-0.1, -0.05) is 0 Å². The van der Waals surface area contributed by atoms with Crippen molar-refractivity contribution >= 4 is 0 Å². The molecule has 0 bridgehead atoms. The lowest BCUT2D eigenvalue weighted by atomic mass is 9.74. The van der Waals surface area contributed by atoms with Gasteiger partial charge in [0.1, 0.15) is 0 Å². The quantitative estimate of drug-likeness (QED) is 0.736. The van der Waals surface area contributed by atoms with E-state index in [1.165, 1.54) is 32.4 Å². The zero-order valence-corrected chi connectivity index (χ0v) is 10.4. The molecule has 2 aliphatic rings. The second-order valence-electron chi connectivity index (χ2n) is 5.55. The SMILES string of the molecule is CC1CN(C2(CN)CCC2)CC(C)N1C. The van der Waals surface area contributed by atoms with Crippen molar-refractivity contribution in [1.82, 2.24) is 9.80 Å². The minimum atomic E-state index is 0.365. The zero-order chi connectivity index (χ0) is 11.1. The lowest BCUT2D eigenvalue weighted by molar-refractivity contribution is -0.0456. The smallest absolute Gasteiger partial charge is 0.0333 e. The highest BCUT2D eigenvalue weighted by molar-refractivity contribution is 5.02. The molecular weight excluding hydrogens is 186 g/mol. The fraction of sp³-hybridized carbons (Fsp3) is 1.00. The monoisotopic (exact) mass is 211 g/mol. The molecular formula is C12H25N3. The Bertz CT molecular complexity index is 207. The molecule has 0 radical (unpaired) electrons. The van der Waals surface area contributed by atoms with Gasteiger partial charge in [0.05, 0.1) is 0 Å². The molecule has 0 aromatic carbocycles. The van der Waals surface area contributed by atoms with Crippen molar-refractivity contribution in [2.75, 3.05) is 26.7 Å². The zero-order valence-electron chi connectivity index (χ0n) is 10.4. The van der Waals surface area contributed by atoms with Gasteiger partial charge in [-0.25, -0.2) is 0 Å². The van der Waals surface area contributed by atoms with Crippen molar-refractivity contribution in [3.8, 4) is 0 Å². The third-order valence-electron chi connectivity index (χ3n) is 4.69. The van der Waals surface area contributed by atoms with Crippen molar-refractivity contribution in [2.24, 2.45) is 5.73 Å². The number of piperazine rings is 1. The van der Waals surface area contributed by atoms with E-state index in [1.807, 2.05) is 0 Å². The summed E-state index contributed by atoms with van der Waals surface area (Å²) in [6.45, 7) is 7.88. The topological polar surface area (TPSA) is 32.5 Å². The molecule has 1 heterocycles. The van der Waals surface area contributed by atoms with Crippen LogP contribution in [0, 0.1) is 0 Å². The second kappa shape index (κ2) is 4.04. The van der Waals surface area contributed by atoms with E-state index in [-0.39, 0.29) is 0 Å². The molecule has 2 fully saturated rings. The predicted octanol–water partition coefficient (Wildman–Crippen LogP) is 0.892. The van der Waals surface area contributed by atoms with Crippen LogP contribution in [-0.4, -0.2) is 54.1 Å². The van der Waals surface area contributed by atoms with E-state index < -0.39 is 0 Å². The number of nitrogens with zero attached hydrogens (tertiary/aromatic N) is 2. The van der Waals surface area contributed by atoms with Crippen LogP contribution in [0.15, 0.2) is 0 Å². The first-order valence-corrected chi connectivity index (χ1v) is 6.26. The first-order valence-electron chi connectivity index (χ1n) is 6.26. The molecule has 1 saturated heterocycles. The number of rotatable bonds is 2. The molecule has 0 aromatic heterocycles. The highest BCUT2D eigenvalue weighted by Gasteiger charge is 2.44. The van der Waals surface area contributed by atoms with E-state index in [0.29, 0.717) is 17.6 Å². The van der Waals surface area contributed by atoms with E-state index in [0.717, 1.165) is 6.54 Å². The van der Waals surface area contributed by atoms with Gasteiger partial charge in [0.25, 0.3) is 0 Å². The summed E-state index contributed by atoms with van der Waals surface area (Å²) in [5, 5.41) is 0. The summed E-state index contributed by atoms with van der Waals surface area (Å²) < 4.78 is 0. The maximum Gasteiger partial charge on any atom is 0.0333 e. The Morgan fingerprint density at radius 2 is 1.73 bits per heavy atom. The molecule has 88 valence electrons. The molecule has 1 saturated carbocycles. The second-order valence-corrected chi connectivity index (χ2v) is 5.55. The van der Waals surface area contributed by atoms with Gasteiger partial charge in [-0.3, -0.25) is 9.80 Å². The number of likely N-dealkylation sites (N-methyl/N-ethyl adjacent to an activating group) is 1. The summed E-state index contributed by atoms with van der Waals surface area (Å²) in [7, 11) is 2.24. The van der Waals surface area contributed by atoms with Crippen LogP contribution >= 0.6 is 0 Å². The fourth-order valence-corrected chi connectivity index (χ4v) is 3.03. The average Bonchev–Trinajstić information content (AvgIpc) is 2.13. The maximum atomic E-state index is 5.97. The van der Waals surface area contributed by atoms with Crippen molar-refractivity contribution < 1.29 is 0 Å². The van der Waals surface area contributed by atoms with Crippen LogP contribution < -0.4 is 5.73 Å². The maximum absolute atomic E-state index is 5.97. The minimum Gasteiger partial charge on any atom is -0.329 e. The van der Waals surface area contributed by atoms with E-state index >= 15 is 0 Å². The molecule has 0 spiro atoms. The third-order valence-corrected chi connectivity index (χ3v) is 4.69. The lowest BCUT2D eigenvalue weighted by Crippen LogP contribution is -2.66. The Kier molecular flexibility index (Phi) is 3.06. The van der Waals surface area contributed by atoms with Crippen LogP contribution in [0.25, 0.3) is 0 Å². The minimum absolute atomic E-state index is 0.365. The van der Waals surface area contributed by atoms with E-state index in [9.17, 15) is 0 Å². The predicted molar refractivity (Wildman–Crippen MR) is 63.9 cm³/mol. The molecule has 2 atom stereocenters. The van der Waals surface area contributed by atoms with Crippen LogP contribution in [0.1, 0.15) is 33.1 Å². The van der Waals surface area contributed by atoms with Crippen LogP contribution in [0.3, 0.4) is 0 Å². The van der Waals surface area contributed by atoms with Crippen molar-refractivity contribution in [3.05, 3.63) is 0 Å². The fourth-order valence-electron chi connectivity index (χ4n) is 3.03. The van der Waals surface area contributed by atoms with Crippen molar-refractivity contribution in [2.45, 2.75) is 50.7 Å². The summed E-state index contributed by atoms with van der Waals surface area (Å²) >= 11 is 0. The van der Waals surface area contributed by atoms with Gasteiger partial charge in [-0.2, -0.15) is 0 Å². The first kappa shape index (κ1) is 11.4. The third kappa shape index (κ3) is 1.81. The average molecular weight is 211 g/mol. The van der Waals surface area contributed by atoms with Crippen molar-refractivity contribution in [3.63, 3.8) is 0 Å². The number of hydrogen-bond donors (Lipinski definition) is 1. The number of hydrogen-bond acceptors (Lipinski definition) is 3. The molecule has 3 nitrogen and oxygen atoms in total. The summed E-state index contributed by atoms with van der Waals surface area (Å²) in [6.07, 6.45) is 3.99. The standard InChI is InChI=1S/C12H25N3/c1-10-7-15(8-11(2)14(10)3)12(9-13)5-4-6-12/h10-11H,4-9,13H2,1-3H3. The Labute approximate surface area is 93.6 Å². The molecule has 15 heavy (non-hydrogen) atoms. The summed E-state index contributed by atoms with van der Waals surface area (Å²) in [6, 6.07) is 1.33. The van der Waals surface area contributed by atoms with Crippen LogP contribution in [-0.2, 0) is 0 Å². The lowest BCUT2D eigenvalue weighted by Gasteiger charge is -2.55. The van der Waals surface area contributed by atoms with Gasteiger partial charge in [0.15, 0.2) is 0 Å². The molecule has 0 aromatic rings. The molecule has 1 aliphatic heterocycles. The molecule has 2 N–H and O–H groups in total. The van der Waals surface area contributed by atoms with Gasteiger partial charge in [-0.05, 0) is 40.2 Å². The van der Waals surface area contributed by atoms with E-state index in [1.54, 1.807) is 0 Å². The highest BCUT2D eigenvalue weighted by Crippen LogP contribution is 2.38. The molecule has 0 amide bonds. The summed E-state index contributed by atoms with van der Waals surface area (Å²) in [4.78, 5) is 5.14. The normalized spacial score (nSPS) is 37.6. The van der Waals surface area contributed by atoms with Crippen LogP contribution in [0.5, 0.6) is 0 Å². The van der Waals surface area contributed by atoms with E-state index in [4.69, 9.17) is 5.73 Å². The summed E-state index contributed by atoms with van der Waals surface area (Å²) in [5.41, 5.74) is 6.33. The number of nitrogens with two attached hydrogens (primary N) is 1. The van der Waals surface area contributed by atoms with E-state index in [2.05, 4.69) is 30.7 Å². The van der Waals surface area contributed by atoms with Gasteiger partial charge in [0, 0.05) is 37.3 Å². The van der Waals surface area contributed by atoms with Crippen molar-refractivity contribution in [1.29, 1.82) is 0 Å². The Morgan fingerprint density at radius 3 is 2.07 bits per heavy atom. The molecule has 2 unspecified atom stereocenters. The Balaban J connectivity index is 2.04. The Hall–Kier alpha value is -0.120. The first-order chi connectivity index (χ1) is 7.09. The van der Waals surface area contributed by atoms with Crippen LogP contribution in [0.2, 0.25) is 0 Å². The van der Waals surface area contributed by atoms with Gasteiger partial charge < -0.3 is 5.73 Å². The van der Waals surface area contributed by atoms with Gasteiger partial charge in [0.2, 0.25) is 0 Å². The highest BCUT2D eigenvalue weighted by atomic mass is 15.3. The van der Waals surface area contributed by atoms with Gasteiger partial charge >= 0.3 is 0 Å².